The summed E-state index contributed by atoms with van der Waals surface area (Å²) in [5.41, 5.74) is 3.84. The van der Waals surface area contributed by atoms with E-state index in [1.165, 1.54) is 6.07 Å². The molecule has 0 bridgehead atoms. The second kappa shape index (κ2) is 6.24. The average Bonchev–Trinajstić information content (AvgIpc) is 3.17. The lowest BCUT2D eigenvalue weighted by Gasteiger charge is -2.13. The minimum Gasteiger partial charge on any atom is -0.508 e. The highest BCUT2D eigenvalue weighted by molar-refractivity contribution is 7.71. The highest BCUT2D eigenvalue weighted by Crippen LogP contribution is 2.38. The molecule has 2 heterocycles. The van der Waals surface area contributed by atoms with E-state index >= 15 is 0 Å². The van der Waals surface area contributed by atoms with Crippen LogP contribution in [0, 0.1) is 4.77 Å². The molecule has 138 valence electrons. The molecule has 4 aromatic rings. The number of rotatable bonds is 3. The van der Waals surface area contributed by atoms with Crippen molar-refractivity contribution in [2.45, 2.75) is 19.8 Å². The van der Waals surface area contributed by atoms with E-state index in [9.17, 15) is 10.2 Å². The lowest BCUT2D eigenvalue weighted by Crippen LogP contribution is -1.99. The van der Waals surface area contributed by atoms with Crippen LogP contribution in [0.5, 0.6) is 11.5 Å². The number of aromatic hydroxyl groups is 2. The number of aryl methyl sites for hydroxylation is 1. The summed E-state index contributed by atoms with van der Waals surface area (Å²) in [5, 5.41) is 27.7. The van der Waals surface area contributed by atoms with E-state index in [0.717, 1.165) is 22.3 Å². The number of fused-ring (bicyclic) bond motifs is 1. The first-order chi connectivity index (χ1) is 12.9. The number of hydrogen-bond donors (Lipinski definition) is 3. The first kappa shape index (κ1) is 17.3. The fraction of sp³-hybridized carbons (Fsp3) is 0.211. The average molecular weight is 381 g/mol. The van der Waals surface area contributed by atoms with Crippen LogP contribution in [0.25, 0.3) is 28.1 Å². The fourth-order valence-electron chi connectivity index (χ4n) is 3.22. The maximum atomic E-state index is 10.4. The molecule has 0 unspecified atom stereocenters. The largest absolute Gasteiger partial charge is 0.508 e. The van der Waals surface area contributed by atoms with Gasteiger partial charge in [-0.25, -0.2) is 4.98 Å². The Morgan fingerprint density at radius 3 is 2.63 bits per heavy atom. The zero-order valence-corrected chi connectivity index (χ0v) is 15.9. The Kier molecular flexibility index (Phi) is 4.00. The van der Waals surface area contributed by atoms with Gasteiger partial charge in [0.15, 0.2) is 10.6 Å². The summed E-state index contributed by atoms with van der Waals surface area (Å²) in [7, 11) is 1.94. The number of benzene rings is 2. The number of phenolic OH excluding ortho intramolecular Hbond substituents is 2. The Labute approximate surface area is 160 Å². The number of imidazole rings is 1. The van der Waals surface area contributed by atoms with E-state index in [1.807, 2.05) is 43.7 Å². The van der Waals surface area contributed by atoms with Gasteiger partial charge < -0.3 is 14.8 Å². The predicted octanol–water partition coefficient (Wildman–Crippen LogP) is 4.02. The van der Waals surface area contributed by atoms with E-state index in [1.54, 1.807) is 17.0 Å². The molecule has 0 aliphatic rings. The van der Waals surface area contributed by atoms with Crippen LogP contribution in [0.3, 0.4) is 0 Å². The van der Waals surface area contributed by atoms with Gasteiger partial charge in [-0.2, -0.15) is 5.10 Å². The van der Waals surface area contributed by atoms with Crippen molar-refractivity contribution in [1.82, 2.24) is 24.3 Å². The van der Waals surface area contributed by atoms with Crippen molar-refractivity contribution in [2.75, 3.05) is 0 Å². The molecule has 2 aromatic heterocycles. The topological polar surface area (TPSA) is 91.9 Å². The van der Waals surface area contributed by atoms with E-state index in [0.29, 0.717) is 16.2 Å². The van der Waals surface area contributed by atoms with E-state index in [4.69, 9.17) is 12.2 Å². The molecule has 8 heteroatoms. The molecule has 0 radical (unpaired) electrons. The molecule has 27 heavy (non-hydrogen) atoms. The van der Waals surface area contributed by atoms with Crippen LogP contribution >= 0.6 is 12.2 Å². The number of aromatic amines is 1. The van der Waals surface area contributed by atoms with Crippen LogP contribution in [0.4, 0.5) is 0 Å². The number of H-pyrrole nitrogens is 1. The molecule has 0 aliphatic heterocycles. The molecule has 0 aliphatic carbocycles. The van der Waals surface area contributed by atoms with Gasteiger partial charge in [0.05, 0.1) is 28.6 Å². The van der Waals surface area contributed by atoms with Crippen molar-refractivity contribution in [3.05, 3.63) is 47.0 Å². The number of phenols is 2. The first-order valence-corrected chi connectivity index (χ1v) is 8.92. The van der Waals surface area contributed by atoms with Gasteiger partial charge in [-0.3, -0.25) is 9.67 Å². The lowest BCUT2D eigenvalue weighted by atomic mass is 9.98. The standard InChI is InChI=1S/C19H19N5O2S/c1-10(2)12-7-13(17(26)8-16(12)25)18-21-22-19(27)24(18)11-4-5-15-14(6-11)20-9-23(15)3/h4-10,25-26H,1-3H3,(H,22,27). The maximum absolute atomic E-state index is 10.4. The normalized spacial score (nSPS) is 11.6. The summed E-state index contributed by atoms with van der Waals surface area (Å²) in [6.07, 6.45) is 1.75. The monoisotopic (exact) mass is 381 g/mol. The summed E-state index contributed by atoms with van der Waals surface area (Å²) in [6.45, 7) is 3.95. The second-order valence-corrected chi connectivity index (χ2v) is 7.19. The Morgan fingerprint density at radius 2 is 1.89 bits per heavy atom. The Bertz CT molecular complexity index is 1220. The van der Waals surface area contributed by atoms with Gasteiger partial charge in [0, 0.05) is 13.1 Å². The summed E-state index contributed by atoms with van der Waals surface area (Å²) in [4.78, 5) is 4.39. The Hall–Kier alpha value is -3.13. The van der Waals surface area contributed by atoms with Crippen molar-refractivity contribution in [1.29, 1.82) is 0 Å². The Balaban J connectivity index is 1.94. The summed E-state index contributed by atoms with van der Waals surface area (Å²) < 4.78 is 4.09. The van der Waals surface area contributed by atoms with Gasteiger partial charge in [0.2, 0.25) is 0 Å². The molecular weight excluding hydrogens is 362 g/mol. The highest BCUT2D eigenvalue weighted by atomic mass is 32.1. The van der Waals surface area contributed by atoms with Crippen molar-refractivity contribution in [3.8, 4) is 28.6 Å². The smallest absolute Gasteiger partial charge is 0.200 e. The van der Waals surface area contributed by atoms with Crippen molar-refractivity contribution in [2.24, 2.45) is 7.05 Å². The summed E-state index contributed by atoms with van der Waals surface area (Å²) in [6, 6.07) is 8.90. The quantitative estimate of drug-likeness (QED) is 0.466. The molecule has 0 fully saturated rings. The predicted molar refractivity (Wildman–Crippen MR) is 106 cm³/mol. The summed E-state index contributed by atoms with van der Waals surface area (Å²) in [5.74, 6) is 0.548. The van der Waals surface area contributed by atoms with Crippen LogP contribution < -0.4 is 0 Å². The van der Waals surface area contributed by atoms with Gasteiger partial charge in [-0.15, -0.1) is 0 Å². The van der Waals surface area contributed by atoms with Gasteiger partial charge in [0.1, 0.15) is 11.5 Å². The van der Waals surface area contributed by atoms with Crippen LogP contribution in [-0.4, -0.2) is 34.5 Å². The molecule has 0 spiro atoms. The number of nitrogens with zero attached hydrogens (tertiary/aromatic N) is 4. The zero-order chi connectivity index (χ0) is 19.3. The zero-order valence-electron chi connectivity index (χ0n) is 15.1. The number of aromatic nitrogens is 5. The van der Waals surface area contributed by atoms with Crippen LogP contribution in [0.1, 0.15) is 25.3 Å². The lowest BCUT2D eigenvalue weighted by molar-refractivity contribution is 0.444. The molecular formula is C19H19N5O2S. The number of nitrogens with one attached hydrogen (secondary N) is 1. The van der Waals surface area contributed by atoms with E-state index < -0.39 is 0 Å². The number of hydrogen-bond acceptors (Lipinski definition) is 5. The van der Waals surface area contributed by atoms with Crippen LogP contribution in [-0.2, 0) is 7.05 Å². The molecule has 3 N–H and O–H groups in total. The Morgan fingerprint density at radius 1 is 1.11 bits per heavy atom. The molecule has 0 amide bonds. The van der Waals surface area contributed by atoms with E-state index in [-0.39, 0.29) is 17.4 Å². The molecule has 0 saturated heterocycles. The first-order valence-electron chi connectivity index (χ1n) is 8.52. The molecule has 2 aromatic carbocycles. The third-order valence-corrected chi connectivity index (χ3v) is 4.92. The third kappa shape index (κ3) is 2.78. The summed E-state index contributed by atoms with van der Waals surface area (Å²) >= 11 is 5.42. The minimum atomic E-state index is -0.0638. The fourth-order valence-corrected chi connectivity index (χ4v) is 3.45. The van der Waals surface area contributed by atoms with Crippen molar-refractivity contribution in [3.63, 3.8) is 0 Å². The van der Waals surface area contributed by atoms with Crippen molar-refractivity contribution >= 4 is 23.3 Å². The maximum Gasteiger partial charge on any atom is 0.200 e. The second-order valence-electron chi connectivity index (χ2n) is 6.80. The van der Waals surface area contributed by atoms with Gasteiger partial charge in [-0.05, 0) is 48.0 Å². The molecule has 0 atom stereocenters. The molecule has 4 rings (SSSR count). The SMILES string of the molecule is CC(C)c1cc(-c2n[nH]c(=S)n2-c2ccc3c(c2)ncn3C)c(O)cc1O. The molecule has 0 saturated carbocycles. The minimum absolute atomic E-state index is 0.0573. The van der Waals surface area contributed by atoms with Crippen LogP contribution in [0.2, 0.25) is 0 Å². The van der Waals surface area contributed by atoms with Crippen LogP contribution in [0.15, 0.2) is 36.7 Å². The van der Waals surface area contributed by atoms with Gasteiger partial charge >= 0.3 is 0 Å². The highest BCUT2D eigenvalue weighted by Gasteiger charge is 2.19. The van der Waals surface area contributed by atoms with E-state index in [2.05, 4.69) is 15.2 Å². The van der Waals surface area contributed by atoms with Gasteiger partial charge in [-0.1, -0.05) is 13.8 Å². The molecule has 7 nitrogen and oxygen atoms in total. The van der Waals surface area contributed by atoms with Crippen molar-refractivity contribution < 1.29 is 10.2 Å². The van der Waals surface area contributed by atoms with Gasteiger partial charge in [0.25, 0.3) is 0 Å². The third-order valence-electron chi connectivity index (χ3n) is 4.65.